The van der Waals surface area contributed by atoms with Crippen molar-refractivity contribution >= 4 is 5.97 Å². The second-order valence-corrected chi connectivity index (χ2v) is 4.35. The molecule has 92 valence electrons. The minimum Gasteiger partial charge on any atom is -0.493 e. The van der Waals surface area contributed by atoms with Crippen LogP contribution >= 0.6 is 0 Å². The molecule has 0 aliphatic carbocycles. The molecular formula is C12H15NO4. The SMILES string of the molecule is COc1cccc2c1OC([C@@](C)(N)C(=O)O)C2. The van der Waals surface area contributed by atoms with Gasteiger partial charge in [0.2, 0.25) is 0 Å². The van der Waals surface area contributed by atoms with Crippen LogP contribution in [0, 0.1) is 0 Å². The van der Waals surface area contributed by atoms with Crippen LogP contribution in [0.25, 0.3) is 0 Å². The molecule has 0 spiro atoms. The third kappa shape index (κ3) is 1.82. The number of hydrogen-bond acceptors (Lipinski definition) is 4. The van der Waals surface area contributed by atoms with Crippen molar-refractivity contribution in [1.82, 2.24) is 0 Å². The zero-order valence-electron chi connectivity index (χ0n) is 9.77. The summed E-state index contributed by atoms with van der Waals surface area (Å²) in [7, 11) is 1.55. The Morgan fingerprint density at radius 2 is 2.35 bits per heavy atom. The van der Waals surface area contributed by atoms with Crippen molar-refractivity contribution < 1.29 is 19.4 Å². The number of methoxy groups -OCH3 is 1. The zero-order valence-corrected chi connectivity index (χ0v) is 9.77. The average molecular weight is 237 g/mol. The molecule has 0 fully saturated rings. The van der Waals surface area contributed by atoms with Gasteiger partial charge in [-0.3, -0.25) is 4.79 Å². The summed E-state index contributed by atoms with van der Waals surface area (Å²) in [5.74, 6) is 0.124. The molecule has 1 aromatic carbocycles. The first kappa shape index (κ1) is 11.7. The summed E-state index contributed by atoms with van der Waals surface area (Å²) in [5.41, 5.74) is 5.28. The summed E-state index contributed by atoms with van der Waals surface area (Å²) in [6.45, 7) is 1.46. The summed E-state index contributed by atoms with van der Waals surface area (Å²) in [6.07, 6.45) is -0.0995. The quantitative estimate of drug-likeness (QED) is 0.812. The Balaban J connectivity index is 2.30. The fourth-order valence-electron chi connectivity index (χ4n) is 1.87. The van der Waals surface area contributed by atoms with E-state index in [9.17, 15) is 4.79 Å². The normalized spacial score (nSPS) is 21.2. The number of nitrogens with two attached hydrogens (primary N) is 1. The van der Waals surface area contributed by atoms with Crippen molar-refractivity contribution in [1.29, 1.82) is 0 Å². The van der Waals surface area contributed by atoms with Crippen LogP contribution in [0.4, 0.5) is 0 Å². The number of para-hydroxylation sites is 1. The van der Waals surface area contributed by atoms with Crippen LogP contribution in [-0.2, 0) is 11.2 Å². The molecule has 5 heteroatoms. The standard InChI is InChI=1S/C12H15NO4/c1-12(13,11(14)15)9-6-7-4-3-5-8(16-2)10(7)17-9/h3-5,9H,6,13H2,1-2H3,(H,14,15)/t9?,12-/m1/s1. The molecule has 0 bridgehead atoms. The van der Waals surface area contributed by atoms with E-state index in [-0.39, 0.29) is 0 Å². The van der Waals surface area contributed by atoms with Crippen LogP contribution in [-0.4, -0.2) is 29.8 Å². The van der Waals surface area contributed by atoms with E-state index < -0.39 is 17.6 Å². The highest BCUT2D eigenvalue weighted by atomic mass is 16.5. The average Bonchev–Trinajstić information content (AvgIpc) is 2.72. The summed E-state index contributed by atoms with van der Waals surface area (Å²) in [6, 6.07) is 5.50. The van der Waals surface area contributed by atoms with Gasteiger partial charge in [0.05, 0.1) is 7.11 Å². The van der Waals surface area contributed by atoms with Crippen LogP contribution in [0.5, 0.6) is 11.5 Å². The van der Waals surface area contributed by atoms with Gasteiger partial charge in [0.15, 0.2) is 11.5 Å². The maximum atomic E-state index is 11.1. The summed E-state index contributed by atoms with van der Waals surface area (Å²) >= 11 is 0. The summed E-state index contributed by atoms with van der Waals surface area (Å²) in [5, 5.41) is 9.07. The molecule has 0 saturated heterocycles. The van der Waals surface area contributed by atoms with E-state index in [1.54, 1.807) is 13.2 Å². The number of benzene rings is 1. The van der Waals surface area contributed by atoms with Crippen molar-refractivity contribution in [2.45, 2.75) is 25.0 Å². The highest BCUT2D eigenvalue weighted by Gasteiger charge is 2.43. The van der Waals surface area contributed by atoms with Crippen LogP contribution < -0.4 is 15.2 Å². The number of fused-ring (bicyclic) bond motifs is 1. The van der Waals surface area contributed by atoms with Gasteiger partial charge in [0, 0.05) is 12.0 Å². The highest BCUT2D eigenvalue weighted by Crippen LogP contribution is 2.39. The molecule has 3 N–H and O–H groups in total. The van der Waals surface area contributed by atoms with Gasteiger partial charge in [0.1, 0.15) is 11.6 Å². The zero-order chi connectivity index (χ0) is 12.6. The predicted octanol–water partition coefficient (Wildman–Crippen LogP) is 0.801. The van der Waals surface area contributed by atoms with Crippen molar-refractivity contribution in [2.75, 3.05) is 7.11 Å². The smallest absolute Gasteiger partial charge is 0.327 e. The number of rotatable bonds is 3. The first-order valence-electron chi connectivity index (χ1n) is 5.31. The number of aliphatic carboxylic acids is 1. The van der Waals surface area contributed by atoms with Crippen LogP contribution in [0.2, 0.25) is 0 Å². The number of carbonyl (C=O) groups is 1. The van der Waals surface area contributed by atoms with Crippen LogP contribution in [0.3, 0.4) is 0 Å². The molecule has 0 amide bonds. The van der Waals surface area contributed by atoms with Crippen molar-refractivity contribution in [2.24, 2.45) is 5.73 Å². The van der Waals surface area contributed by atoms with E-state index in [0.29, 0.717) is 17.9 Å². The third-order valence-corrected chi connectivity index (χ3v) is 3.08. The third-order valence-electron chi connectivity index (χ3n) is 3.08. The lowest BCUT2D eigenvalue weighted by Crippen LogP contribution is -2.56. The Labute approximate surface area is 99.1 Å². The van der Waals surface area contributed by atoms with Crippen molar-refractivity contribution in [3.8, 4) is 11.5 Å². The number of carboxylic acid groups (broad SMARTS) is 1. The first-order chi connectivity index (χ1) is 7.96. The largest absolute Gasteiger partial charge is 0.493 e. The Bertz CT molecular complexity index is 456. The maximum absolute atomic E-state index is 11.1. The van der Waals surface area contributed by atoms with Gasteiger partial charge in [-0.1, -0.05) is 12.1 Å². The van der Waals surface area contributed by atoms with Crippen molar-refractivity contribution in [3.63, 3.8) is 0 Å². The van der Waals surface area contributed by atoms with E-state index in [2.05, 4.69) is 0 Å². The molecule has 1 aliphatic rings. The van der Waals surface area contributed by atoms with Crippen LogP contribution in [0.15, 0.2) is 18.2 Å². The van der Waals surface area contributed by atoms with Gasteiger partial charge >= 0.3 is 5.97 Å². The van der Waals surface area contributed by atoms with Gasteiger partial charge in [-0.2, -0.15) is 0 Å². The molecule has 2 atom stereocenters. The second-order valence-electron chi connectivity index (χ2n) is 4.35. The highest BCUT2D eigenvalue weighted by molar-refractivity contribution is 5.79. The Hall–Kier alpha value is -1.75. The van der Waals surface area contributed by atoms with Gasteiger partial charge in [-0.25, -0.2) is 0 Å². The van der Waals surface area contributed by atoms with E-state index in [0.717, 1.165) is 5.56 Å². The lowest BCUT2D eigenvalue weighted by molar-refractivity contribution is -0.145. The molecule has 1 unspecified atom stereocenters. The topological polar surface area (TPSA) is 81.8 Å². The minimum absolute atomic E-state index is 0.478. The molecule has 5 nitrogen and oxygen atoms in total. The molecule has 0 saturated carbocycles. The Morgan fingerprint density at radius 1 is 1.65 bits per heavy atom. The van der Waals surface area contributed by atoms with Gasteiger partial charge in [-0.05, 0) is 13.0 Å². The van der Waals surface area contributed by atoms with Gasteiger partial charge < -0.3 is 20.3 Å². The minimum atomic E-state index is -1.41. The number of carboxylic acids is 1. The molecule has 0 radical (unpaired) electrons. The Kier molecular flexibility index (Phi) is 2.71. The maximum Gasteiger partial charge on any atom is 0.327 e. The van der Waals surface area contributed by atoms with Gasteiger partial charge in [0.25, 0.3) is 0 Å². The molecule has 17 heavy (non-hydrogen) atoms. The van der Waals surface area contributed by atoms with E-state index in [4.69, 9.17) is 20.3 Å². The molecule has 2 rings (SSSR count). The lowest BCUT2D eigenvalue weighted by atomic mass is 9.93. The van der Waals surface area contributed by atoms with E-state index in [1.165, 1.54) is 6.92 Å². The fraction of sp³-hybridized carbons (Fsp3) is 0.417. The number of ether oxygens (including phenoxy) is 2. The molecule has 0 aromatic heterocycles. The molecule has 1 heterocycles. The Morgan fingerprint density at radius 3 is 2.94 bits per heavy atom. The van der Waals surface area contributed by atoms with Crippen molar-refractivity contribution in [3.05, 3.63) is 23.8 Å². The first-order valence-corrected chi connectivity index (χ1v) is 5.31. The molecule has 1 aromatic rings. The van der Waals surface area contributed by atoms with Crippen LogP contribution in [0.1, 0.15) is 12.5 Å². The fourth-order valence-corrected chi connectivity index (χ4v) is 1.87. The predicted molar refractivity (Wildman–Crippen MR) is 61.3 cm³/mol. The molecular weight excluding hydrogens is 222 g/mol. The number of hydrogen-bond donors (Lipinski definition) is 2. The van der Waals surface area contributed by atoms with E-state index >= 15 is 0 Å². The summed E-state index contributed by atoms with van der Waals surface area (Å²) < 4.78 is 10.8. The lowest BCUT2D eigenvalue weighted by Gasteiger charge is -2.26. The second kappa shape index (κ2) is 3.92. The summed E-state index contributed by atoms with van der Waals surface area (Å²) in [4.78, 5) is 11.1. The monoisotopic (exact) mass is 237 g/mol. The van der Waals surface area contributed by atoms with E-state index in [1.807, 2.05) is 12.1 Å². The molecule has 1 aliphatic heterocycles. The van der Waals surface area contributed by atoms with Gasteiger partial charge in [-0.15, -0.1) is 0 Å².